The maximum atomic E-state index is 6.16. The van der Waals surface area contributed by atoms with E-state index in [1.165, 1.54) is 5.56 Å². The molecule has 3 rings (SSSR count). The van der Waals surface area contributed by atoms with E-state index in [0.717, 1.165) is 50.4 Å². The van der Waals surface area contributed by atoms with Crippen LogP contribution in [0.5, 0.6) is 11.5 Å². The normalized spacial score (nSPS) is 22.6. The molecule has 1 aliphatic carbocycles. The fraction of sp³-hybridized carbons (Fsp3) is 0.647. The number of nitrogens with two attached hydrogens (primary N) is 1. The molecule has 1 saturated heterocycles. The second-order valence-electron chi connectivity index (χ2n) is 6.24. The summed E-state index contributed by atoms with van der Waals surface area (Å²) in [5, 5.41) is 0. The first-order valence-electron chi connectivity index (χ1n) is 7.84. The van der Waals surface area contributed by atoms with Crippen LogP contribution < -0.4 is 15.2 Å². The third kappa shape index (κ3) is 2.87. The van der Waals surface area contributed by atoms with E-state index in [2.05, 4.69) is 19.1 Å². The van der Waals surface area contributed by atoms with Crippen molar-refractivity contribution in [1.82, 2.24) is 0 Å². The molecule has 1 atom stereocenters. The van der Waals surface area contributed by atoms with E-state index < -0.39 is 0 Å². The minimum atomic E-state index is 0.143. The number of methoxy groups -OCH3 is 1. The van der Waals surface area contributed by atoms with Crippen LogP contribution in [0.3, 0.4) is 0 Å². The van der Waals surface area contributed by atoms with Crippen molar-refractivity contribution in [3.8, 4) is 11.5 Å². The highest BCUT2D eigenvalue weighted by atomic mass is 16.5. The first-order valence-corrected chi connectivity index (χ1v) is 7.84. The van der Waals surface area contributed by atoms with E-state index in [-0.39, 0.29) is 17.6 Å². The van der Waals surface area contributed by atoms with Crippen LogP contribution in [0.4, 0.5) is 0 Å². The van der Waals surface area contributed by atoms with E-state index in [9.17, 15) is 0 Å². The topological polar surface area (TPSA) is 53.7 Å². The van der Waals surface area contributed by atoms with Gasteiger partial charge in [0.1, 0.15) is 6.10 Å². The van der Waals surface area contributed by atoms with Gasteiger partial charge in [-0.15, -0.1) is 0 Å². The quantitative estimate of drug-likeness (QED) is 0.906. The van der Waals surface area contributed by atoms with Crippen molar-refractivity contribution in [2.75, 3.05) is 20.3 Å². The van der Waals surface area contributed by atoms with Crippen LogP contribution in [0.25, 0.3) is 0 Å². The highest BCUT2D eigenvalue weighted by molar-refractivity contribution is 5.47. The maximum absolute atomic E-state index is 6.16. The van der Waals surface area contributed by atoms with Crippen LogP contribution in [-0.2, 0) is 10.2 Å². The van der Waals surface area contributed by atoms with Crippen molar-refractivity contribution < 1.29 is 14.2 Å². The molecule has 21 heavy (non-hydrogen) atoms. The Morgan fingerprint density at radius 1 is 1.24 bits per heavy atom. The molecule has 1 aliphatic heterocycles. The van der Waals surface area contributed by atoms with Crippen LogP contribution >= 0.6 is 0 Å². The summed E-state index contributed by atoms with van der Waals surface area (Å²) in [6.45, 7) is 3.64. The number of benzene rings is 1. The van der Waals surface area contributed by atoms with Gasteiger partial charge in [0.15, 0.2) is 11.5 Å². The SMILES string of the molecule is COc1cc(C2(C(C)N)CC2)ccc1OC1CCOCC1. The van der Waals surface area contributed by atoms with Gasteiger partial charge in [-0.1, -0.05) is 6.07 Å². The second-order valence-corrected chi connectivity index (χ2v) is 6.24. The van der Waals surface area contributed by atoms with Crippen LogP contribution in [0.15, 0.2) is 18.2 Å². The van der Waals surface area contributed by atoms with Gasteiger partial charge >= 0.3 is 0 Å². The van der Waals surface area contributed by atoms with E-state index in [4.69, 9.17) is 19.9 Å². The van der Waals surface area contributed by atoms with Crippen LogP contribution in [0.1, 0.15) is 38.2 Å². The fourth-order valence-electron chi connectivity index (χ4n) is 3.19. The summed E-state index contributed by atoms with van der Waals surface area (Å²) in [6, 6.07) is 6.45. The van der Waals surface area contributed by atoms with Gasteiger partial charge in [-0.2, -0.15) is 0 Å². The van der Waals surface area contributed by atoms with Crippen LogP contribution in [-0.4, -0.2) is 32.5 Å². The van der Waals surface area contributed by atoms with E-state index in [1.54, 1.807) is 7.11 Å². The van der Waals surface area contributed by atoms with Crippen molar-refractivity contribution in [3.05, 3.63) is 23.8 Å². The average molecular weight is 291 g/mol. The van der Waals surface area contributed by atoms with Gasteiger partial charge in [-0.05, 0) is 37.5 Å². The zero-order chi connectivity index (χ0) is 14.9. The van der Waals surface area contributed by atoms with Crippen LogP contribution in [0, 0.1) is 0 Å². The molecule has 0 amide bonds. The Balaban J connectivity index is 1.79. The van der Waals surface area contributed by atoms with E-state index in [0.29, 0.717) is 0 Å². The smallest absolute Gasteiger partial charge is 0.161 e. The summed E-state index contributed by atoms with van der Waals surface area (Å²) in [5.74, 6) is 1.64. The zero-order valence-electron chi connectivity index (χ0n) is 12.9. The fourth-order valence-corrected chi connectivity index (χ4v) is 3.19. The van der Waals surface area contributed by atoms with Crippen molar-refractivity contribution in [3.63, 3.8) is 0 Å². The number of ether oxygens (including phenoxy) is 3. The monoisotopic (exact) mass is 291 g/mol. The molecule has 0 spiro atoms. The lowest BCUT2D eigenvalue weighted by Crippen LogP contribution is -2.31. The summed E-state index contributed by atoms with van der Waals surface area (Å²) >= 11 is 0. The van der Waals surface area contributed by atoms with Gasteiger partial charge in [-0.25, -0.2) is 0 Å². The molecule has 2 fully saturated rings. The van der Waals surface area contributed by atoms with Crippen molar-refractivity contribution >= 4 is 0 Å². The van der Waals surface area contributed by atoms with Crippen molar-refractivity contribution in [2.45, 2.75) is 50.2 Å². The van der Waals surface area contributed by atoms with Gasteiger partial charge in [0, 0.05) is 24.3 Å². The summed E-state index contributed by atoms with van der Waals surface area (Å²) in [5.41, 5.74) is 7.57. The molecule has 0 aromatic heterocycles. The highest BCUT2D eigenvalue weighted by Gasteiger charge is 2.47. The Labute approximate surface area is 126 Å². The molecular weight excluding hydrogens is 266 g/mol. The largest absolute Gasteiger partial charge is 0.493 e. The first-order chi connectivity index (χ1) is 10.2. The predicted octanol–water partition coefficient (Wildman–Crippen LogP) is 2.63. The molecule has 1 aromatic carbocycles. The number of hydrogen-bond donors (Lipinski definition) is 1. The van der Waals surface area contributed by atoms with Crippen molar-refractivity contribution in [1.29, 1.82) is 0 Å². The number of rotatable bonds is 5. The van der Waals surface area contributed by atoms with Crippen LogP contribution in [0.2, 0.25) is 0 Å². The molecule has 1 heterocycles. The molecule has 1 unspecified atom stereocenters. The van der Waals surface area contributed by atoms with Gasteiger partial charge in [0.05, 0.1) is 20.3 Å². The van der Waals surface area contributed by atoms with Gasteiger partial charge in [0.25, 0.3) is 0 Å². The molecule has 0 radical (unpaired) electrons. The standard InChI is InChI=1S/C17H25NO3/c1-12(18)17(7-8-17)13-3-4-15(16(11-13)19-2)21-14-5-9-20-10-6-14/h3-4,11-12,14H,5-10,18H2,1-2H3. The molecule has 0 bridgehead atoms. The molecule has 2 aliphatic rings. The lowest BCUT2D eigenvalue weighted by Gasteiger charge is -2.25. The Bertz CT molecular complexity index is 491. The molecule has 4 nitrogen and oxygen atoms in total. The molecule has 1 aromatic rings. The first kappa shape index (κ1) is 14.7. The summed E-state index contributed by atoms with van der Waals surface area (Å²) in [7, 11) is 1.70. The zero-order valence-corrected chi connectivity index (χ0v) is 12.9. The van der Waals surface area contributed by atoms with Gasteiger partial charge in [-0.3, -0.25) is 0 Å². The molecular formula is C17H25NO3. The lowest BCUT2D eigenvalue weighted by molar-refractivity contribution is 0.0245. The summed E-state index contributed by atoms with van der Waals surface area (Å²) in [6.07, 6.45) is 4.42. The predicted molar refractivity (Wildman–Crippen MR) is 82.0 cm³/mol. The highest BCUT2D eigenvalue weighted by Crippen LogP contribution is 2.51. The summed E-state index contributed by atoms with van der Waals surface area (Å²) in [4.78, 5) is 0. The van der Waals surface area contributed by atoms with E-state index in [1.807, 2.05) is 6.07 Å². The number of hydrogen-bond acceptors (Lipinski definition) is 4. The Kier molecular flexibility index (Phi) is 4.09. The van der Waals surface area contributed by atoms with Crippen molar-refractivity contribution in [2.24, 2.45) is 5.73 Å². The summed E-state index contributed by atoms with van der Waals surface area (Å²) < 4.78 is 17.0. The lowest BCUT2D eigenvalue weighted by atomic mass is 9.89. The second kappa shape index (κ2) is 5.85. The average Bonchev–Trinajstić information content (AvgIpc) is 3.30. The van der Waals surface area contributed by atoms with Gasteiger partial charge in [0.2, 0.25) is 0 Å². The third-order valence-corrected chi connectivity index (χ3v) is 4.86. The molecule has 1 saturated carbocycles. The Hall–Kier alpha value is -1.26. The molecule has 2 N–H and O–H groups in total. The minimum absolute atomic E-state index is 0.143. The Morgan fingerprint density at radius 2 is 1.95 bits per heavy atom. The molecule has 116 valence electrons. The third-order valence-electron chi connectivity index (χ3n) is 4.86. The van der Waals surface area contributed by atoms with Gasteiger partial charge < -0.3 is 19.9 Å². The Morgan fingerprint density at radius 3 is 2.52 bits per heavy atom. The van der Waals surface area contributed by atoms with E-state index >= 15 is 0 Å². The molecule has 4 heteroatoms. The maximum Gasteiger partial charge on any atom is 0.161 e. The minimum Gasteiger partial charge on any atom is -0.493 e.